The molecule has 31 heavy (non-hydrogen) atoms. The largest absolute Gasteiger partial charge is 0.507 e. The maximum atomic E-state index is 13.4. The first-order chi connectivity index (χ1) is 14.9. The number of aliphatic hydroxyl groups excluding tert-OH is 1. The number of halogens is 1. The molecule has 0 aromatic heterocycles. The van der Waals surface area contributed by atoms with Gasteiger partial charge in [0, 0.05) is 11.1 Å². The number of phenolic OH excluding ortho intramolecular Hbond substituents is 1. The fourth-order valence-electron chi connectivity index (χ4n) is 3.70. The van der Waals surface area contributed by atoms with Crippen LogP contribution in [0.4, 0.5) is 10.1 Å². The fourth-order valence-corrected chi connectivity index (χ4v) is 3.70. The van der Waals surface area contributed by atoms with Crippen molar-refractivity contribution < 1.29 is 28.9 Å². The number of ketones is 1. The maximum Gasteiger partial charge on any atom is 0.300 e. The Bertz CT molecular complexity index is 1200. The van der Waals surface area contributed by atoms with Gasteiger partial charge < -0.3 is 14.9 Å². The van der Waals surface area contributed by atoms with E-state index in [4.69, 9.17) is 4.74 Å². The molecule has 0 radical (unpaired) electrons. The van der Waals surface area contributed by atoms with Gasteiger partial charge in [-0.25, -0.2) is 4.39 Å². The number of hydrogen-bond acceptors (Lipinski definition) is 5. The Kier molecular flexibility index (Phi) is 5.17. The van der Waals surface area contributed by atoms with Gasteiger partial charge in [-0.05, 0) is 42.5 Å². The van der Waals surface area contributed by atoms with Crippen LogP contribution in [0.3, 0.4) is 0 Å². The van der Waals surface area contributed by atoms with Crippen LogP contribution >= 0.6 is 0 Å². The zero-order chi connectivity index (χ0) is 22.1. The molecule has 1 saturated heterocycles. The fraction of sp³-hybridized carbons (Fsp3) is 0.0833. The van der Waals surface area contributed by atoms with Crippen molar-refractivity contribution >= 4 is 23.1 Å². The van der Waals surface area contributed by atoms with E-state index < -0.39 is 29.3 Å². The number of carbonyl (C=O) groups is 2. The molecule has 3 aromatic rings. The van der Waals surface area contributed by atoms with Crippen molar-refractivity contribution in [3.8, 4) is 11.5 Å². The van der Waals surface area contributed by atoms with Crippen LogP contribution in [0.5, 0.6) is 11.5 Å². The van der Waals surface area contributed by atoms with Crippen LogP contribution in [0.25, 0.3) is 5.76 Å². The predicted molar refractivity (Wildman–Crippen MR) is 112 cm³/mol. The highest BCUT2D eigenvalue weighted by molar-refractivity contribution is 6.52. The van der Waals surface area contributed by atoms with Crippen molar-refractivity contribution in [2.45, 2.75) is 6.04 Å². The topological polar surface area (TPSA) is 87.1 Å². The van der Waals surface area contributed by atoms with Crippen LogP contribution in [-0.4, -0.2) is 29.0 Å². The molecule has 1 aliphatic heterocycles. The molecule has 1 amide bonds. The average molecular weight is 419 g/mol. The summed E-state index contributed by atoms with van der Waals surface area (Å²) in [4.78, 5) is 27.3. The van der Waals surface area contributed by atoms with Gasteiger partial charge in [0.2, 0.25) is 0 Å². The van der Waals surface area contributed by atoms with Crippen LogP contribution < -0.4 is 9.64 Å². The second-order valence-corrected chi connectivity index (χ2v) is 6.91. The summed E-state index contributed by atoms with van der Waals surface area (Å²) in [6.07, 6.45) is 0. The summed E-state index contributed by atoms with van der Waals surface area (Å²) >= 11 is 0. The summed E-state index contributed by atoms with van der Waals surface area (Å²) in [5, 5.41) is 21.4. The van der Waals surface area contributed by atoms with Crippen molar-refractivity contribution in [2.24, 2.45) is 0 Å². The van der Waals surface area contributed by atoms with Crippen molar-refractivity contribution in [3.05, 3.63) is 95.3 Å². The summed E-state index contributed by atoms with van der Waals surface area (Å²) < 4.78 is 18.8. The van der Waals surface area contributed by atoms with E-state index in [1.54, 1.807) is 36.4 Å². The molecule has 0 aliphatic carbocycles. The first kappa shape index (κ1) is 20.2. The van der Waals surface area contributed by atoms with Crippen molar-refractivity contribution in [1.82, 2.24) is 0 Å². The van der Waals surface area contributed by atoms with Crippen molar-refractivity contribution in [3.63, 3.8) is 0 Å². The number of para-hydroxylation sites is 3. The number of carbonyl (C=O) groups excluding carboxylic acids is 2. The zero-order valence-corrected chi connectivity index (χ0v) is 16.4. The molecule has 7 heteroatoms. The number of phenols is 1. The zero-order valence-electron chi connectivity index (χ0n) is 16.4. The average Bonchev–Trinajstić information content (AvgIpc) is 3.04. The molecule has 0 bridgehead atoms. The number of ether oxygens (including phenoxy) is 1. The minimum absolute atomic E-state index is 0.110. The molecule has 2 N–H and O–H groups in total. The third-order valence-electron chi connectivity index (χ3n) is 5.14. The lowest BCUT2D eigenvalue weighted by Crippen LogP contribution is -2.29. The summed E-state index contributed by atoms with van der Waals surface area (Å²) in [5.74, 6) is -2.62. The van der Waals surface area contributed by atoms with Crippen LogP contribution in [0.1, 0.15) is 17.2 Å². The molecule has 1 aliphatic rings. The number of Topliss-reactive ketones (excluding diaryl/α,β-unsaturated/α-hetero) is 1. The molecule has 4 rings (SSSR count). The third kappa shape index (κ3) is 3.40. The molecule has 1 fully saturated rings. The predicted octanol–water partition coefficient (Wildman–Crippen LogP) is 4.17. The van der Waals surface area contributed by atoms with Crippen LogP contribution in [0, 0.1) is 5.82 Å². The Labute approximate surface area is 177 Å². The van der Waals surface area contributed by atoms with E-state index >= 15 is 0 Å². The van der Waals surface area contributed by atoms with Crippen LogP contribution in [0.15, 0.2) is 78.4 Å². The van der Waals surface area contributed by atoms with E-state index in [0.29, 0.717) is 11.3 Å². The molecule has 6 nitrogen and oxygen atoms in total. The summed E-state index contributed by atoms with van der Waals surface area (Å²) in [6, 6.07) is 16.7. The number of rotatable bonds is 4. The highest BCUT2D eigenvalue weighted by Gasteiger charge is 2.48. The first-order valence-electron chi connectivity index (χ1n) is 9.42. The summed E-state index contributed by atoms with van der Waals surface area (Å²) in [7, 11) is 1.45. The van der Waals surface area contributed by atoms with E-state index in [-0.39, 0.29) is 22.6 Å². The van der Waals surface area contributed by atoms with Crippen molar-refractivity contribution in [2.75, 3.05) is 12.0 Å². The Hall–Kier alpha value is -4.13. The lowest BCUT2D eigenvalue weighted by Gasteiger charge is -2.27. The second-order valence-electron chi connectivity index (χ2n) is 6.91. The van der Waals surface area contributed by atoms with Crippen molar-refractivity contribution in [1.29, 1.82) is 0 Å². The Morgan fingerprint density at radius 1 is 0.968 bits per heavy atom. The number of benzene rings is 3. The van der Waals surface area contributed by atoms with Gasteiger partial charge in [0.05, 0.1) is 24.4 Å². The monoisotopic (exact) mass is 419 g/mol. The molecule has 0 spiro atoms. The molecular formula is C24H18FNO5. The van der Waals surface area contributed by atoms with Gasteiger partial charge in [-0.2, -0.15) is 0 Å². The normalized spacial score (nSPS) is 17.7. The lowest BCUT2D eigenvalue weighted by atomic mass is 9.94. The molecule has 0 saturated carbocycles. The van der Waals surface area contributed by atoms with Gasteiger partial charge in [-0.1, -0.05) is 30.3 Å². The first-order valence-corrected chi connectivity index (χ1v) is 9.42. The molecule has 1 heterocycles. The molecule has 3 aromatic carbocycles. The second kappa shape index (κ2) is 7.95. The number of aromatic hydroxyl groups is 1. The Morgan fingerprint density at radius 2 is 1.61 bits per heavy atom. The van der Waals surface area contributed by atoms with Gasteiger partial charge >= 0.3 is 0 Å². The standard InChI is InChI=1S/C24H18FNO5/c1-31-19-9-5-2-6-16(19)21-20(22(28)14-10-12-15(25)13-11-14)23(29)24(30)26(21)17-7-3-4-8-18(17)27/h2-13,21,27-28H,1H3/b22-20+. The van der Waals surface area contributed by atoms with Gasteiger partial charge in [0.25, 0.3) is 11.7 Å². The molecule has 156 valence electrons. The van der Waals surface area contributed by atoms with E-state index in [1.807, 2.05) is 0 Å². The number of methoxy groups -OCH3 is 1. The smallest absolute Gasteiger partial charge is 0.300 e. The number of anilines is 1. The van der Waals surface area contributed by atoms with E-state index in [0.717, 1.165) is 17.0 Å². The Balaban J connectivity index is 2.00. The highest BCUT2D eigenvalue weighted by Crippen LogP contribution is 2.46. The number of amides is 1. The SMILES string of the molecule is COc1ccccc1C1/C(=C(\O)c2ccc(F)cc2)C(=O)C(=O)N1c1ccccc1O. The van der Waals surface area contributed by atoms with Gasteiger partial charge in [0.1, 0.15) is 23.1 Å². The minimum Gasteiger partial charge on any atom is -0.507 e. The van der Waals surface area contributed by atoms with E-state index in [1.165, 1.54) is 31.4 Å². The number of hydrogen-bond donors (Lipinski definition) is 2. The number of nitrogens with zero attached hydrogens (tertiary/aromatic N) is 1. The van der Waals surface area contributed by atoms with Crippen LogP contribution in [-0.2, 0) is 9.59 Å². The summed E-state index contributed by atoms with van der Waals surface area (Å²) in [6.45, 7) is 0. The number of aliphatic hydroxyl groups is 1. The molecule has 1 atom stereocenters. The minimum atomic E-state index is -1.07. The van der Waals surface area contributed by atoms with Gasteiger partial charge in [-0.3, -0.25) is 14.5 Å². The third-order valence-corrected chi connectivity index (χ3v) is 5.14. The van der Waals surface area contributed by atoms with Crippen LogP contribution in [0.2, 0.25) is 0 Å². The van der Waals surface area contributed by atoms with E-state index in [2.05, 4.69) is 0 Å². The molecule has 1 unspecified atom stereocenters. The molecular weight excluding hydrogens is 401 g/mol. The highest BCUT2D eigenvalue weighted by atomic mass is 19.1. The van der Waals surface area contributed by atoms with E-state index in [9.17, 15) is 24.2 Å². The Morgan fingerprint density at radius 3 is 2.29 bits per heavy atom. The summed E-state index contributed by atoms with van der Waals surface area (Å²) in [5.41, 5.74) is 0.538. The van der Waals surface area contributed by atoms with Gasteiger partial charge in [-0.15, -0.1) is 0 Å². The lowest BCUT2D eigenvalue weighted by molar-refractivity contribution is -0.132. The quantitative estimate of drug-likeness (QED) is 0.377. The van der Waals surface area contributed by atoms with Gasteiger partial charge in [0.15, 0.2) is 0 Å². The maximum absolute atomic E-state index is 13.4.